The first-order valence-corrected chi connectivity index (χ1v) is 7.09. The number of hydrogen-bond acceptors (Lipinski definition) is 2. The molecule has 0 aromatic heterocycles. The molecule has 0 saturated heterocycles. The van der Waals surface area contributed by atoms with Crippen LogP contribution in [0.4, 0.5) is 0 Å². The molecule has 1 atom stereocenters. The van der Waals surface area contributed by atoms with Crippen LogP contribution in [0.15, 0.2) is 0 Å². The van der Waals surface area contributed by atoms with Gasteiger partial charge >= 0.3 is 5.97 Å². The van der Waals surface area contributed by atoms with Gasteiger partial charge in [-0.15, -0.1) is 0 Å². The van der Waals surface area contributed by atoms with E-state index in [0.717, 1.165) is 19.3 Å². The molecule has 0 radical (unpaired) electrons. The van der Waals surface area contributed by atoms with Crippen molar-refractivity contribution in [2.75, 3.05) is 6.54 Å². The van der Waals surface area contributed by atoms with Crippen LogP contribution in [0.3, 0.4) is 0 Å². The van der Waals surface area contributed by atoms with Crippen LogP contribution in [0.5, 0.6) is 0 Å². The molecule has 1 unspecified atom stereocenters. The maximum atomic E-state index is 11.8. The average molecular weight is 255 g/mol. The first kappa shape index (κ1) is 15.0. The summed E-state index contributed by atoms with van der Waals surface area (Å²) in [6.45, 7) is 2.71. The molecule has 18 heavy (non-hydrogen) atoms. The molecule has 1 aliphatic rings. The van der Waals surface area contributed by atoms with E-state index in [-0.39, 0.29) is 18.2 Å². The lowest BCUT2D eigenvalue weighted by molar-refractivity contribution is -0.137. The molecule has 4 nitrogen and oxygen atoms in total. The third-order valence-electron chi connectivity index (χ3n) is 3.76. The third kappa shape index (κ3) is 6.03. The molecule has 1 fully saturated rings. The minimum absolute atomic E-state index is 0.195. The predicted molar refractivity (Wildman–Crippen MR) is 70.2 cm³/mol. The van der Waals surface area contributed by atoms with Crippen molar-refractivity contribution in [3.8, 4) is 0 Å². The van der Waals surface area contributed by atoms with Crippen molar-refractivity contribution in [1.82, 2.24) is 5.32 Å². The lowest BCUT2D eigenvalue weighted by atomic mass is 9.88. The first-order chi connectivity index (χ1) is 8.59. The Balaban J connectivity index is 2.08. The number of aliphatic carboxylic acids is 1. The Kier molecular flexibility index (Phi) is 6.76. The van der Waals surface area contributed by atoms with Crippen LogP contribution in [0.2, 0.25) is 0 Å². The number of nitrogens with one attached hydrogen (secondary N) is 1. The molecule has 1 saturated carbocycles. The van der Waals surface area contributed by atoms with E-state index < -0.39 is 5.97 Å². The lowest BCUT2D eigenvalue weighted by Crippen LogP contribution is -2.33. The maximum Gasteiger partial charge on any atom is 0.303 e. The molecular formula is C14H25NO3. The van der Waals surface area contributed by atoms with Gasteiger partial charge in [-0.05, 0) is 31.6 Å². The molecule has 1 aliphatic carbocycles. The average Bonchev–Trinajstić information content (AvgIpc) is 2.37. The highest BCUT2D eigenvalue weighted by Gasteiger charge is 2.20. The largest absolute Gasteiger partial charge is 0.481 e. The SMILES string of the molecule is CC(CCNC(=O)C1CCCCC1)CCC(=O)O. The number of hydrogen-bond donors (Lipinski definition) is 2. The Bertz CT molecular complexity index is 272. The quantitative estimate of drug-likeness (QED) is 0.734. The minimum Gasteiger partial charge on any atom is -0.481 e. The van der Waals surface area contributed by atoms with E-state index in [2.05, 4.69) is 5.32 Å². The first-order valence-electron chi connectivity index (χ1n) is 7.09. The molecule has 0 aromatic carbocycles. The van der Waals surface area contributed by atoms with E-state index in [1.165, 1.54) is 19.3 Å². The Labute approximate surface area is 109 Å². The molecule has 1 amide bonds. The van der Waals surface area contributed by atoms with E-state index in [1.54, 1.807) is 0 Å². The minimum atomic E-state index is -0.743. The van der Waals surface area contributed by atoms with Crippen molar-refractivity contribution in [2.24, 2.45) is 11.8 Å². The monoisotopic (exact) mass is 255 g/mol. The van der Waals surface area contributed by atoms with Crippen LogP contribution < -0.4 is 5.32 Å². The number of rotatable bonds is 7. The van der Waals surface area contributed by atoms with E-state index >= 15 is 0 Å². The van der Waals surface area contributed by atoms with Crippen LogP contribution in [0, 0.1) is 11.8 Å². The Morgan fingerprint density at radius 1 is 1.22 bits per heavy atom. The summed E-state index contributed by atoms with van der Waals surface area (Å²) in [4.78, 5) is 22.3. The molecular weight excluding hydrogens is 230 g/mol. The standard InChI is InChI=1S/C14H25NO3/c1-11(7-8-13(16)17)9-10-15-14(18)12-5-3-2-4-6-12/h11-12H,2-10H2,1H3,(H,15,18)(H,16,17). The van der Waals surface area contributed by atoms with Crippen molar-refractivity contribution in [3.63, 3.8) is 0 Å². The summed E-state index contributed by atoms with van der Waals surface area (Å²) >= 11 is 0. The molecule has 0 bridgehead atoms. The van der Waals surface area contributed by atoms with E-state index in [0.29, 0.717) is 18.9 Å². The second-order valence-corrected chi connectivity index (χ2v) is 5.45. The zero-order chi connectivity index (χ0) is 13.4. The zero-order valence-electron chi connectivity index (χ0n) is 11.3. The van der Waals surface area contributed by atoms with Crippen molar-refractivity contribution >= 4 is 11.9 Å². The van der Waals surface area contributed by atoms with Gasteiger partial charge < -0.3 is 10.4 Å². The van der Waals surface area contributed by atoms with Gasteiger partial charge in [0, 0.05) is 18.9 Å². The number of amides is 1. The van der Waals surface area contributed by atoms with Gasteiger partial charge in [-0.3, -0.25) is 9.59 Å². The molecule has 2 N–H and O–H groups in total. The molecule has 4 heteroatoms. The fourth-order valence-electron chi connectivity index (χ4n) is 2.47. The molecule has 104 valence electrons. The smallest absolute Gasteiger partial charge is 0.303 e. The summed E-state index contributed by atoms with van der Waals surface area (Å²) in [5, 5.41) is 11.6. The van der Waals surface area contributed by atoms with Crippen LogP contribution in [0.25, 0.3) is 0 Å². The molecule has 0 aromatic rings. The van der Waals surface area contributed by atoms with Crippen molar-refractivity contribution in [3.05, 3.63) is 0 Å². The fraction of sp³-hybridized carbons (Fsp3) is 0.857. The number of carboxylic acids is 1. The highest BCUT2D eigenvalue weighted by Crippen LogP contribution is 2.23. The lowest BCUT2D eigenvalue weighted by Gasteiger charge is -2.21. The zero-order valence-corrected chi connectivity index (χ0v) is 11.3. The molecule has 1 rings (SSSR count). The second kappa shape index (κ2) is 8.11. The van der Waals surface area contributed by atoms with E-state index in [1.807, 2.05) is 6.92 Å². The van der Waals surface area contributed by atoms with Gasteiger partial charge in [0.15, 0.2) is 0 Å². The van der Waals surface area contributed by atoms with Gasteiger partial charge in [-0.25, -0.2) is 0 Å². The molecule has 0 spiro atoms. The number of carbonyl (C=O) groups is 2. The Morgan fingerprint density at radius 2 is 1.89 bits per heavy atom. The number of carboxylic acid groups (broad SMARTS) is 1. The van der Waals surface area contributed by atoms with Gasteiger partial charge in [0.1, 0.15) is 0 Å². The van der Waals surface area contributed by atoms with Crippen molar-refractivity contribution in [1.29, 1.82) is 0 Å². The second-order valence-electron chi connectivity index (χ2n) is 5.45. The fourth-order valence-corrected chi connectivity index (χ4v) is 2.47. The Hall–Kier alpha value is -1.06. The van der Waals surface area contributed by atoms with Crippen molar-refractivity contribution in [2.45, 2.75) is 58.3 Å². The van der Waals surface area contributed by atoms with Crippen molar-refractivity contribution < 1.29 is 14.7 Å². The maximum absolute atomic E-state index is 11.8. The van der Waals surface area contributed by atoms with Crippen LogP contribution >= 0.6 is 0 Å². The van der Waals surface area contributed by atoms with Gasteiger partial charge in [0.05, 0.1) is 0 Å². The summed E-state index contributed by atoms with van der Waals surface area (Å²) < 4.78 is 0. The summed E-state index contributed by atoms with van der Waals surface area (Å²) in [6, 6.07) is 0. The van der Waals surface area contributed by atoms with Gasteiger partial charge in [0.2, 0.25) is 5.91 Å². The summed E-state index contributed by atoms with van der Waals surface area (Å²) in [5.74, 6) is 0.0223. The van der Waals surface area contributed by atoms with Gasteiger partial charge in [0.25, 0.3) is 0 Å². The predicted octanol–water partition coefficient (Wildman–Crippen LogP) is 2.57. The normalized spacial score (nSPS) is 18.3. The van der Waals surface area contributed by atoms with Crippen LogP contribution in [-0.4, -0.2) is 23.5 Å². The molecule has 0 heterocycles. The number of carbonyl (C=O) groups excluding carboxylic acids is 1. The molecule has 0 aliphatic heterocycles. The highest BCUT2D eigenvalue weighted by molar-refractivity contribution is 5.78. The third-order valence-corrected chi connectivity index (χ3v) is 3.76. The van der Waals surface area contributed by atoms with Crippen LogP contribution in [0.1, 0.15) is 58.3 Å². The Morgan fingerprint density at radius 3 is 2.50 bits per heavy atom. The highest BCUT2D eigenvalue weighted by atomic mass is 16.4. The topological polar surface area (TPSA) is 66.4 Å². The van der Waals surface area contributed by atoms with Gasteiger partial charge in [-0.1, -0.05) is 26.2 Å². The van der Waals surface area contributed by atoms with E-state index in [9.17, 15) is 9.59 Å². The van der Waals surface area contributed by atoms with Crippen LogP contribution in [-0.2, 0) is 9.59 Å². The summed E-state index contributed by atoms with van der Waals surface area (Å²) in [5.41, 5.74) is 0. The summed E-state index contributed by atoms with van der Waals surface area (Å²) in [6.07, 6.45) is 7.44. The van der Waals surface area contributed by atoms with Gasteiger partial charge in [-0.2, -0.15) is 0 Å². The summed E-state index contributed by atoms with van der Waals surface area (Å²) in [7, 11) is 0. The van der Waals surface area contributed by atoms with E-state index in [4.69, 9.17) is 5.11 Å².